The molecule has 0 aromatic carbocycles. The summed E-state index contributed by atoms with van der Waals surface area (Å²) in [6.45, 7) is 1.91. The topological polar surface area (TPSA) is 86.4 Å². The third kappa shape index (κ3) is 2.57. The predicted molar refractivity (Wildman–Crippen MR) is 71.3 cm³/mol. The van der Waals surface area contributed by atoms with Gasteiger partial charge in [-0.3, -0.25) is 4.79 Å². The number of carbonyl (C=O) groups is 1. The van der Waals surface area contributed by atoms with Gasteiger partial charge in [-0.1, -0.05) is 0 Å². The molecule has 20 heavy (non-hydrogen) atoms. The first-order valence-electron chi connectivity index (χ1n) is 6.86. The SMILES string of the molecule is O=C(C1CC1)N1CCCN(S(=O)(=O)c2cnc[nH]2)CC1. The Kier molecular flexibility index (Phi) is 3.51. The van der Waals surface area contributed by atoms with Gasteiger partial charge in [0.1, 0.15) is 0 Å². The number of sulfonamides is 1. The van der Waals surface area contributed by atoms with Gasteiger partial charge in [-0.25, -0.2) is 13.4 Å². The number of aromatic nitrogens is 2. The molecule has 3 rings (SSSR count). The monoisotopic (exact) mass is 298 g/mol. The van der Waals surface area contributed by atoms with E-state index in [0.29, 0.717) is 32.6 Å². The molecule has 1 saturated heterocycles. The van der Waals surface area contributed by atoms with Crippen LogP contribution in [0.5, 0.6) is 0 Å². The van der Waals surface area contributed by atoms with Crippen molar-refractivity contribution in [1.82, 2.24) is 19.2 Å². The van der Waals surface area contributed by atoms with E-state index in [9.17, 15) is 13.2 Å². The second kappa shape index (κ2) is 5.17. The molecule has 2 aliphatic rings. The molecule has 110 valence electrons. The molecule has 0 bridgehead atoms. The molecule has 1 aromatic rings. The summed E-state index contributed by atoms with van der Waals surface area (Å²) in [5, 5.41) is 0.111. The minimum atomic E-state index is -3.52. The first kappa shape index (κ1) is 13.6. The lowest BCUT2D eigenvalue weighted by atomic mass is 10.3. The quantitative estimate of drug-likeness (QED) is 0.854. The van der Waals surface area contributed by atoms with Crippen molar-refractivity contribution in [1.29, 1.82) is 0 Å². The van der Waals surface area contributed by atoms with Crippen LogP contribution in [0.1, 0.15) is 19.3 Å². The van der Waals surface area contributed by atoms with E-state index in [1.807, 2.05) is 0 Å². The molecule has 2 heterocycles. The van der Waals surface area contributed by atoms with Crippen LogP contribution in [0.15, 0.2) is 17.6 Å². The van der Waals surface area contributed by atoms with Crippen LogP contribution in [-0.4, -0.2) is 59.7 Å². The Morgan fingerprint density at radius 2 is 2.05 bits per heavy atom. The van der Waals surface area contributed by atoms with Crippen molar-refractivity contribution in [2.24, 2.45) is 5.92 Å². The Labute approximate surface area is 118 Å². The van der Waals surface area contributed by atoms with Crippen molar-refractivity contribution in [2.45, 2.75) is 24.3 Å². The van der Waals surface area contributed by atoms with Crippen LogP contribution in [-0.2, 0) is 14.8 Å². The highest BCUT2D eigenvalue weighted by atomic mass is 32.2. The molecule has 1 aliphatic carbocycles. The molecule has 1 aromatic heterocycles. The van der Waals surface area contributed by atoms with E-state index in [2.05, 4.69) is 9.97 Å². The van der Waals surface area contributed by atoms with Gasteiger partial charge in [-0.05, 0) is 19.3 Å². The maximum Gasteiger partial charge on any atom is 0.260 e. The van der Waals surface area contributed by atoms with Gasteiger partial charge in [0, 0.05) is 32.1 Å². The number of rotatable bonds is 3. The van der Waals surface area contributed by atoms with Crippen LogP contribution < -0.4 is 0 Å². The van der Waals surface area contributed by atoms with E-state index in [-0.39, 0.29) is 16.9 Å². The molecule has 1 aliphatic heterocycles. The molecule has 1 amide bonds. The Morgan fingerprint density at radius 1 is 1.25 bits per heavy atom. The zero-order valence-electron chi connectivity index (χ0n) is 11.2. The van der Waals surface area contributed by atoms with Crippen molar-refractivity contribution in [3.63, 3.8) is 0 Å². The average molecular weight is 298 g/mol. The highest BCUT2D eigenvalue weighted by molar-refractivity contribution is 7.89. The number of aromatic amines is 1. The Morgan fingerprint density at radius 3 is 2.70 bits per heavy atom. The highest BCUT2D eigenvalue weighted by Crippen LogP contribution is 2.31. The van der Waals surface area contributed by atoms with E-state index in [0.717, 1.165) is 12.8 Å². The fourth-order valence-corrected chi connectivity index (χ4v) is 3.83. The second-order valence-electron chi connectivity index (χ2n) is 5.27. The molecule has 8 heteroatoms. The number of nitrogens with zero attached hydrogens (tertiary/aromatic N) is 3. The lowest BCUT2D eigenvalue weighted by Gasteiger charge is -2.21. The normalized spacial score (nSPS) is 21.7. The fourth-order valence-electron chi connectivity index (χ4n) is 2.47. The Balaban J connectivity index is 1.69. The number of imidazole rings is 1. The van der Waals surface area contributed by atoms with Gasteiger partial charge in [-0.2, -0.15) is 4.31 Å². The lowest BCUT2D eigenvalue weighted by molar-refractivity contribution is -0.132. The number of hydrogen-bond donors (Lipinski definition) is 1. The maximum atomic E-state index is 12.4. The highest BCUT2D eigenvalue weighted by Gasteiger charge is 2.35. The molecular formula is C12H18N4O3S. The van der Waals surface area contributed by atoms with E-state index in [1.165, 1.54) is 16.8 Å². The van der Waals surface area contributed by atoms with Crippen LogP contribution in [0.4, 0.5) is 0 Å². The van der Waals surface area contributed by atoms with Crippen molar-refractivity contribution >= 4 is 15.9 Å². The van der Waals surface area contributed by atoms with Crippen molar-refractivity contribution < 1.29 is 13.2 Å². The van der Waals surface area contributed by atoms with Crippen LogP contribution >= 0.6 is 0 Å². The van der Waals surface area contributed by atoms with Gasteiger partial charge in [0.2, 0.25) is 5.91 Å². The summed E-state index contributed by atoms with van der Waals surface area (Å²) >= 11 is 0. The van der Waals surface area contributed by atoms with Crippen LogP contribution in [0.25, 0.3) is 0 Å². The van der Waals surface area contributed by atoms with E-state index < -0.39 is 10.0 Å². The molecule has 7 nitrogen and oxygen atoms in total. The maximum absolute atomic E-state index is 12.4. The fraction of sp³-hybridized carbons (Fsp3) is 0.667. The zero-order valence-corrected chi connectivity index (χ0v) is 12.0. The standard InChI is InChI=1S/C12H18N4O3S/c17-12(10-2-3-10)15-4-1-5-16(7-6-15)20(18,19)11-8-13-9-14-11/h8-10H,1-7H2,(H,13,14). The third-order valence-electron chi connectivity index (χ3n) is 3.78. The van der Waals surface area contributed by atoms with Crippen molar-refractivity contribution in [3.8, 4) is 0 Å². The summed E-state index contributed by atoms with van der Waals surface area (Å²) in [6, 6.07) is 0. The molecule has 0 radical (unpaired) electrons. The summed E-state index contributed by atoms with van der Waals surface area (Å²) in [5.41, 5.74) is 0. The van der Waals surface area contributed by atoms with Crippen molar-refractivity contribution in [2.75, 3.05) is 26.2 Å². The smallest absolute Gasteiger partial charge is 0.260 e. The summed E-state index contributed by atoms with van der Waals surface area (Å²) in [6.07, 6.45) is 5.30. The van der Waals surface area contributed by atoms with E-state index in [1.54, 1.807) is 4.90 Å². The minimum absolute atomic E-state index is 0.111. The number of nitrogens with one attached hydrogen (secondary N) is 1. The Hall–Kier alpha value is -1.41. The van der Waals surface area contributed by atoms with Gasteiger partial charge in [0.15, 0.2) is 5.03 Å². The first-order valence-corrected chi connectivity index (χ1v) is 8.30. The summed E-state index contributed by atoms with van der Waals surface area (Å²) in [7, 11) is -3.52. The van der Waals surface area contributed by atoms with Gasteiger partial charge in [0.25, 0.3) is 10.0 Å². The molecule has 0 atom stereocenters. The van der Waals surface area contributed by atoms with E-state index in [4.69, 9.17) is 0 Å². The average Bonchev–Trinajstić information content (AvgIpc) is 3.18. The molecular weight excluding hydrogens is 280 g/mol. The summed E-state index contributed by atoms with van der Waals surface area (Å²) in [5.74, 6) is 0.372. The van der Waals surface area contributed by atoms with Crippen molar-refractivity contribution in [3.05, 3.63) is 12.5 Å². The van der Waals surface area contributed by atoms with Crippen LogP contribution in [0.2, 0.25) is 0 Å². The number of H-pyrrole nitrogens is 1. The minimum Gasteiger partial charge on any atom is -0.341 e. The van der Waals surface area contributed by atoms with Gasteiger partial charge in [-0.15, -0.1) is 0 Å². The van der Waals surface area contributed by atoms with Gasteiger partial charge >= 0.3 is 0 Å². The summed E-state index contributed by atoms with van der Waals surface area (Å²) < 4.78 is 26.2. The Bertz CT molecular complexity index is 580. The number of carbonyl (C=O) groups excluding carboxylic acids is 1. The molecule has 1 saturated carbocycles. The van der Waals surface area contributed by atoms with Gasteiger partial charge < -0.3 is 9.88 Å². The second-order valence-corrected chi connectivity index (χ2v) is 7.18. The third-order valence-corrected chi connectivity index (χ3v) is 5.61. The summed E-state index contributed by atoms with van der Waals surface area (Å²) in [4.78, 5) is 20.2. The molecule has 1 N–H and O–H groups in total. The largest absolute Gasteiger partial charge is 0.341 e. The predicted octanol–water partition coefficient (Wildman–Crippen LogP) is 0.0427. The molecule has 2 fully saturated rings. The molecule has 0 unspecified atom stereocenters. The first-order chi connectivity index (χ1) is 9.59. The van der Waals surface area contributed by atoms with Crippen LogP contribution in [0, 0.1) is 5.92 Å². The number of amides is 1. The number of hydrogen-bond acceptors (Lipinski definition) is 4. The van der Waals surface area contributed by atoms with E-state index >= 15 is 0 Å². The lowest BCUT2D eigenvalue weighted by Crippen LogP contribution is -2.38. The molecule has 0 spiro atoms. The zero-order chi connectivity index (χ0) is 14.2. The van der Waals surface area contributed by atoms with Crippen LogP contribution in [0.3, 0.4) is 0 Å². The van der Waals surface area contributed by atoms with Gasteiger partial charge in [0.05, 0.1) is 12.5 Å².